The van der Waals surface area contributed by atoms with Crippen molar-refractivity contribution in [2.45, 2.75) is 19.4 Å². The van der Waals surface area contributed by atoms with Crippen molar-refractivity contribution in [3.05, 3.63) is 65.1 Å². The van der Waals surface area contributed by atoms with E-state index in [-0.39, 0.29) is 12.3 Å². The topological polar surface area (TPSA) is 67.5 Å². The van der Waals surface area contributed by atoms with Crippen LogP contribution >= 0.6 is 0 Å². The van der Waals surface area contributed by atoms with Gasteiger partial charge in [0.15, 0.2) is 5.58 Å². The van der Waals surface area contributed by atoms with E-state index < -0.39 is 5.76 Å². The third kappa shape index (κ3) is 4.33. The average molecular weight is 353 g/mol. The molecule has 0 unspecified atom stereocenters. The molecular weight excluding hydrogens is 330 g/mol. The van der Waals surface area contributed by atoms with Gasteiger partial charge in [0.1, 0.15) is 0 Å². The zero-order valence-corrected chi connectivity index (χ0v) is 14.9. The van der Waals surface area contributed by atoms with Crippen LogP contribution in [0.2, 0.25) is 0 Å². The Balaban J connectivity index is 1.42. The number of aryl methyl sites for hydroxylation is 1. The van der Waals surface area contributed by atoms with Crippen LogP contribution in [0.3, 0.4) is 0 Å². The van der Waals surface area contributed by atoms with Gasteiger partial charge < -0.3 is 14.6 Å². The Bertz CT molecular complexity index is 915. The molecule has 0 saturated heterocycles. The van der Waals surface area contributed by atoms with Crippen molar-refractivity contribution in [3.63, 3.8) is 0 Å². The van der Waals surface area contributed by atoms with Crippen LogP contribution in [0.25, 0.3) is 11.1 Å². The summed E-state index contributed by atoms with van der Waals surface area (Å²) >= 11 is 0. The van der Waals surface area contributed by atoms with Crippen LogP contribution < -0.4 is 16.0 Å². The van der Waals surface area contributed by atoms with E-state index in [9.17, 15) is 9.59 Å². The minimum atomic E-state index is -0.427. The van der Waals surface area contributed by atoms with Crippen molar-refractivity contribution in [3.8, 4) is 0 Å². The molecule has 6 nitrogen and oxygen atoms in total. The summed E-state index contributed by atoms with van der Waals surface area (Å²) in [4.78, 5) is 26.1. The highest BCUT2D eigenvalue weighted by Gasteiger charge is 2.10. The Hall–Kier alpha value is -3.02. The van der Waals surface area contributed by atoms with Crippen LogP contribution in [0.1, 0.15) is 12.8 Å². The Labute approximate surface area is 152 Å². The SMILES string of the molecule is CN(CCCNC(=O)CCn1c(=O)oc2ccccc21)c1ccccc1. The van der Waals surface area contributed by atoms with E-state index >= 15 is 0 Å². The van der Waals surface area contributed by atoms with E-state index in [4.69, 9.17) is 4.42 Å². The lowest BCUT2D eigenvalue weighted by Gasteiger charge is -2.19. The number of fused-ring (bicyclic) bond motifs is 1. The molecule has 1 heterocycles. The number of para-hydroxylation sites is 3. The molecule has 1 aromatic heterocycles. The molecule has 1 amide bonds. The lowest BCUT2D eigenvalue weighted by Crippen LogP contribution is -2.29. The number of benzene rings is 2. The van der Waals surface area contributed by atoms with Crippen molar-refractivity contribution in [2.75, 3.05) is 25.0 Å². The highest BCUT2D eigenvalue weighted by atomic mass is 16.4. The Morgan fingerprint density at radius 3 is 2.65 bits per heavy atom. The first-order chi connectivity index (χ1) is 12.6. The van der Waals surface area contributed by atoms with Crippen molar-refractivity contribution >= 4 is 22.7 Å². The van der Waals surface area contributed by atoms with E-state index in [1.54, 1.807) is 6.07 Å². The van der Waals surface area contributed by atoms with Crippen LogP contribution in [0.15, 0.2) is 63.8 Å². The second-order valence-electron chi connectivity index (χ2n) is 6.20. The number of oxazole rings is 1. The van der Waals surface area contributed by atoms with E-state index in [0.717, 1.165) is 24.2 Å². The molecule has 0 radical (unpaired) electrons. The van der Waals surface area contributed by atoms with Gasteiger partial charge >= 0.3 is 5.76 Å². The van der Waals surface area contributed by atoms with Gasteiger partial charge in [-0.1, -0.05) is 30.3 Å². The van der Waals surface area contributed by atoms with E-state index in [2.05, 4.69) is 22.3 Å². The number of hydrogen-bond acceptors (Lipinski definition) is 4. The molecule has 0 aliphatic heterocycles. The normalized spacial score (nSPS) is 10.8. The second-order valence-corrected chi connectivity index (χ2v) is 6.20. The first kappa shape index (κ1) is 17.8. The fraction of sp³-hybridized carbons (Fsp3) is 0.300. The summed E-state index contributed by atoms with van der Waals surface area (Å²) in [5.41, 5.74) is 2.42. The number of nitrogens with one attached hydrogen (secondary N) is 1. The number of amides is 1. The summed E-state index contributed by atoms with van der Waals surface area (Å²) < 4.78 is 6.67. The summed E-state index contributed by atoms with van der Waals surface area (Å²) in [6, 6.07) is 17.4. The van der Waals surface area contributed by atoms with Crippen molar-refractivity contribution in [1.82, 2.24) is 9.88 Å². The predicted molar refractivity (Wildman–Crippen MR) is 102 cm³/mol. The smallest absolute Gasteiger partial charge is 0.408 e. The lowest BCUT2D eigenvalue weighted by molar-refractivity contribution is -0.121. The highest BCUT2D eigenvalue weighted by molar-refractivity contribution is 5.76. The minimum Gasteiger partial charge on any atom is -0.408 e. The Kier molecular flexibility index (Phi) is 5.73. The third-order valence-electron chi connectivity index (χ3n) is 4.33. The molecule has 1 N–H and O–H groups in total. The lowest BCUT2D eigenvalue weighted by atomic mass is 10.3. The number of rotatable bonds is 8. The van der Waals surface area contributed by atoms with Gasteiger partial charge in [0.05, 0.1) is 5.52 Å². The van der Waals surface area contributed by atoms with E-state index in [0.29, 0.717) is 18.7 Å². The van der Waals surface area contributed by atoms with Crippen LogP contribution in [0.5, 0.6) is 0 Å². The first-order valence-corrected chi connectivity index (χ1v) is 8.76. The molecule has 2 aromatic carbocycles. The summed E-state index contributed by atoms with van der Waals surface area (Å²) in [6.07, 6.45) is 1.10. The largest absolute Gasteiger partial charge is 0.419 e. The molecule has 6 heteroatoms. The molecule has 0 bridgehead atoms. The molecule has 0 spiro atoms. The third-order valence-corrected chi connectivity index (χ3v) is 4.33. The maximum absolute atomic E-state index is 12.0. The number of aromatic nitrogens is 1. The van der Waals surface area contributed by atoms with E-state index in [1.165, 1.54) is 4.57 Å². The van der Waals surface area contributed by atoms with Gasteiger partial charge in [0.2, 0.25) is 5.91 Å². The number of nitrogens with zero attached hydrogens (tertiary/aromatic N) is 2. The molecule has 0 aliphatic rings. The van der Waals surface area contributed by atoms with Gasteiger partial charge in [0.25, 0.3) is 0 Å². The summed E-state index contributed by atoms with van der Waals surface area (Å²) in [5.74, 6) is -0.493. The molecule has 0 saturated carbocycles. The standard InChI is InChI=1S/C20H23N3O3/c1-22(16-8-3-2-4-9-16)14-7-13-21-19(24)12-15-23-17-10-5-6-11-18(17)26-20(23)25/h2-6,8-11H,7,12-15H2,1H3,(H,21,24). The first-order valence-electron chi connectivity index (χ1n) is 8.76. The van der Waals surface area contributed by atoms with Crippen LogP contribution in [0.4, 0.5) is 5.69 Å². The van der Waals surface area contributed by atoms with E-state index in [1.807, 2.05) is 43.4 Å². The van der Waals surface area contributed by atoms with Gasteiger partial charge in [-0.25, -0.2) is 4.79 Å². The number of carbonyl (C=O) groups is 1. The highest BCUT2D eigenvalue weighted by Crippen LogP contribution is 2.12. The maximum Gasteiger partial charge on any atom is 0.419 e. The van der Waals surface area contributed by atoms with Crippen LogP contribution in [-0.4, -0.2) is 30.6 Å². The molecule has 3 aromatic rings. The quantitative estimate of drug-likeness (QED) is 0.632. The van der Waals surface area contributed by atoms with Gasteiger partial charge in [-0.3, -0.25) is 9.36 Å². The maximum atomic E-state index is 12.0. The minimum absolute atomic E-state index is 0.0652. The molecule has 0 fully saturated rings. The summed E-state index contributed by atoms with van der Waals surface area (Å²) in [5, 5.41) is 2.91. The molecule has 26 heavy (non-hydrogen) atoms. The number of carbonyl (C=O) groups excluding carboxylic acids is 1. The molecule has 136 valence electrons. The monoisotopic (exact) mass is 353 g/mol. The molecule has 0 aliphatic carbocycles. The van der Waals surface area contributed by atoms with Crippen LogP contribution in [-0.2, 0) is 11.3 Å². The van der Waals surface area contributed by atoms with Gasteiger partial charge in [-0.2, -0.15) is 0 Å². The number of anilines is 1. The average Bonchev–Trinajstić information content (AvgIpc) is 2.99. The summed E-state index contributed by atoms with van der Waals surface area (Å²) in [7, 11) is 2.04. The fourth-order valence-electron chi connectivity index (χ4n) is 2.88. The number of hydrogen-bond donors (Lipinski definition) is 1. The zero-order chi connectivity index (χ0) is 18.4. The fourth-order valence-corrected chi connectivity index (χ4v) is 2.88. The van der Waals surface area contributed by atoms with Crippen molar-refractivity contribution < 1.29 is 9.21 Å². The zero-order valence-electron chi connectivity index (χ0n) is 14.9. The van der Waals surface area contributed by atoms with Gasteiger partial charge in [0, 0.05) is 38.8 Å². The van der Waals surface area contributed by atoms with Crippen LogP contribution in [0, 0.1) is 0 Å². The molecular formula is C20H23N3O3. The van der Waals surface area contributed by atoms with Gasteiger partial charge in [-0.05, 0) is 30.7 Å². The Morgan fingerprint density at radius 1 is 1.12 bits per heavy atom. The Morgan fingerprint density at radius 2 is 1.85 bits per heavy atom. The van der Waals surface area contributed by atoms with Crippen molar-refractivity contribution in [2.24, 2.45) is 0 Å². The molecule has 0 atom stereocenters. The predicted octanol–water partition coefficient (Wildman–Crippen LogP) is 2.63. The summed E-state index contributed by atoms with van der Waals surface area (Å²) in [6.45, 7) is 1.78. The van der Waals surface area contributed by atoms with Crippen molar-refractivity contribution in [1.29, 1.82) is 0 Å². The second kappa shape index (κ2) is 8.38. The van der Waals surface area contributed by atoms with Gasteiger partial charge in [-0.15, -0.1) is 0 Å². The molecule has 3 rings (SSSR count).